The average Bonchev–Trinajstić information content (AvgIpc) is 3.37. The monoisotopic (exact) mass is 554 g/mol. The van der Waals surface area contributed by atoms with Gasteiger partial charge in [-0.25, -0.2) is 8.42 Å². The summed E-state index contributed by atoms with van der Waals surface area (Å²) in [5.74, 6) is -0.344. The molecule has 1 aromatic heterocycles. The number of rotatable bonds is 3. The molecule has 36 heavy (non-hydrogen) atoms. The minimum atomic E-state index is -4.54. The van der Waals surface area contributed by atoms with Crippen molar-refractivity contribution < 1.29 is 26.4 Å². The van der Waals surface area contributed by atoms with Crippen LogP contribution in [0.4, 0.5) is 13.2 Å². The fraction of sp³-hybridized carbons (Fsp3) is 0.261. The number of amidine groups is 1. The molecule has 0 aliphatic carbocycles. The van der Waals surface area contributed by atoms with E-state index >= 15 is 0 Å². The molecule has 1 fully saturated rings. The highest BCUT2D eigenvalue weighted by Crippen LogP contribution is 2.35. The van der Waals surface area contributed by atoms with Crippen molar-refractivity contribution in [1.29, 1.82) is 0 Å². The van der Waals surface area contributed by atoms with Crippen molar-refractivity contribution in [3.8, 4) is 0 Å². The molecule has 0 bridgehead atoms. The van der Waals surface area contributed by atoms with Crippen LogP contribution in [0.15, 0.2) is 52.5 Å². The molecule has 13 heteroatoms. The number of fused-ring (bicyclic) bond motifs is 1. The maximum atomic E-state index is 13.5. The van der Waals surface area contributed by atoms with Crippen molar-refractivity contribution in [3.05, 3.63) is 69.2 Å². The lowest BCUT2D eigenvalue weighted by atomic mass is 10.1. The highest BCUT2D eigenvalue weighted by Gasteiger charge is 2.34. The molecule has 0 spiro atoms. The summed E-state index contributed by atoms with van der Waals surface area (Å²) < 4.78 is 65.2. The van der Waals surface area contributed by atoms with Crippen LogP contribution >= 0.6 is 23.4 Å². The van der Waals surface area contributed by atoms with Crippen molar-refractivity contribution in [3.63, 3.8) is 0 Å². The lowest BCUT2D eigenvalue weighted by Crippen LogP contribution is -2.42. The number of hydrogen-bond acceptors (Lipinski definition) is 6. The number of aliphatic imine (C=N–C) groups is 1. The van der Waals surface area contributed by atoms with E-state index in [4.69, 9.17) is 11.6 Å². The van der Waals surface area contributed by atoms with Crippen molar-refractivity contribution in [2.75, 3.05) is 24.6 Å². The molecule has 0 unspecified atom stereocenters. The molecule has 2 aliphatic heterocycles. The van der Waals surface area contributed by atoms with Crippen molar-refractivity contribution in [1.82, 2.24) is 14.7 Å². The van der Waals surface area contributed by atoms with Crippen molar-refractivity contribution in [2.45, 2.75) is 12.7 Å². The Balaban J connectivity index is 1.35. The standard InChI is InChI=1S/C23H18ClF3N4O3S2/c24-17-3-2-15(18(11-17)23(25,26)27)13-31-19-4-1-14(9-16(19)12-28-31)10-20-21(32)29-22(35-20)30-5-7-36(33,34)8-6-30/h1-4,9-12H,5-8,13H2/b20-10-. The Morgan fingerprint density at radius 2 is 1.86 bits per heavy atom. The summed E-state index contributed by atoms with van der Waals surface area (Å²) >= 11 is 6.97. The number of thioether (sulfide) groups is 1. The zero-order valence-corrected chi connectivity index (χ0v) is 20.9. The van der Waals surface area contributed by atoms with Crippen LogP contribution in [-0.4, -0.2) is 58.8 Å². The molecular weight excluding hydrogens is 537 g/mol. The number of carbonyl (C=O) groups excluding carboxylic acids is 1. The van der Waals surface area contributed by atoms with E-state index < -0.39 is 27.5 Å². The Morgan fingerprint density at radius 3 is 2.58 bits per heavy atom. The van der Waals surface area contributed by atoms with E-state index in [1.807, 2.05) is 0 Å². The van der Waals surface area contributed by atoms with Gasteiger partial charge < -0.3 is 4.90 Å². The first-order chi connectivity index (χ1) is 17.0. The normalized spacial score (nSPS) is 19.3. The molecule has 3 aromatic rings. The topological polar surface area (TPSA) is 84.6 Å². The number of aromatic nitrogens is 2. The number of sulfone groups is 1. The largest absolute Gasteiger partial charge is 0.416 e. The average molecular weight is 555 g/mol. The van der Waals surface area contributed by atoms with Crippen LogP contribution in [-0.2, 0) is 27.4 Å². The quantitative estimate of drug-likeness (QED) is 0.445. The Labute approximate surface area is 213 Å². The zero-order chi connectivity index (χ0) is 25.7. The Bertz CT molecular complexity index is 1530. The second kappa shape index (κ2) is 9.24. The van der Waals surface area contributed by atoms with Crippen LogP contribution < -0.4 is 0 Å². The number of hydrogen-bond donors (Lipinski definition) is 0. The molecule has 3 heterocycles. The predicted octanol–water partition coefficient (Wildman–Crippen LogP) is 4.46. The van der Waals surface area contributed by atoms with Gasteiger partial charge in [-0.05, 0) is 53.2 Å². The molecule has 0 atom stereocenters. The van der Waals surface area contributed by atoms with Crippen LogP contribution in [0.2, 0.25) is 5.02 Å². The van der Waals surface area contributed by atoms with Gasteiger partial charge in [-0.3, -0.25) is 9.48 Å². The molecule has 188 valence electrons. The Morgan fingerprint density at radius 1 is 1.11 bits per heavy atom. The smallest absolute Gasteiger partial charge is 0.349 e. The lowest BCUT2D eigenvalue weighted by molar-refractivity contribution is -0.138. The van der Waals surface area contributed by atoms with Gasteiger partial charge in [0, 0.05) is 23.5 Å². The van der Waals surface area contributed by atoms with E-state index in [0.717, 1.165) is 6.07 Å². The number of benzene rings is 2. The molecule has 2 aromatic carbocycles. The number of amides is 1. The summed E-state index contributed by atoms with van der Waals surface area (Å²) in [5, 5.41) is 5.44. The molecule has 1 saturated heterocycles. The lowest BCUT2D eigenvalue weighted by Gasteiger charge is -2.27. The van der Waals surface area contributed by atoms with Gasteiger partial charge in [-0.15, -0.1) is 0 Å². The first kappa shape index (κ1) is 24.8. The van der Waals surface area contributed by atoms with Gasteiger partial charge in [0.05, 0.1) is 40.2 Å². The van der Waals surface area contributed by atoms with Gasteiger partial charge in [0.1, 0.15) is 0 Å². The second-order valence-electron chi connectivity index (χ2n) is 8.37. The van der Waals surface area contributed by atoms with Gasteiger partial charge in [-0.2, -0.15) is 23.3 Å². The van der Waals surface area contributed by atoms with Crippen LogP contribution in [0.25, 0.3) is 17.0 Å². The Hall–Kier alpha value is -2.83. The van der Waals surface area contributed by atoms with Crippen LogP contribution in [0, 0.1) is 0 Å². The van der Waals surface area contributed by atoms with E-state index in [1.165, 1.54) is 28.6 Å². The molecule has 0 saturated carbocycles. The number of carbonyl (C=O) groups is 1. The van der Waals surface area contributed by atoms with Gasteiger partial charge in [0.2, 0.25) is 0 Å². The predicted molar refractivity (Wildman–Crippen MR) is 134 cm³/mol. The van der Waals surface area contributed by atoms with Crippen molar-refractivity contribution in [2.24, 2.45) is 4.99 Å². The van der Waals surface area contributed by atoms with E-state index in [9.17, 15) is 26.4 Å². The fourth-order valence-electron chi connectivity index (χ4n) is 4.02. The summed E-state index contributed by atoms with van der Waals surface area (Å²) in [5.41, 5.74) is 0.584. The van der Waals surface area contributed by atoms with E-state index in [-0.39, 0.29) is 28.6 Å². The second-order valence-corrected chi connectivity index (χ2v) is 12.1. The minimum absolute atomic E-state index is 0.00543. The van der Waals surface area contributed by atoms with E-state index in [0.29, 0.717) is 39.6 Å². The SMILES string of the molecule is O=C1N=C(N2CCS(=O)(=O)CC2)S/C1=C\c1ccc2c(cnn2Cc2ccc(Cl)cc2C(F)(F)F)c1. The van der Waals surface area contributed by atoms with E-state index in [1.54, 1.807) is 35.4 Å². The number of nitrogens with zero attached hydrogens (tertiary/aromatic N) is 4. The zero-order valence-electron chi connectivity index (χ0n) is 18.5. The molecule has 1 amide bonds. The maximum absolute atomic E-state index is 13.5. The fourth-order valence-corrected chi connectivity index (χ4v) is 6.36. The molecular formula is C23H18ClF3N4O3S2. The number of alkyl halides is 3. The van der Waals surface area contributed by atoms with Gasteiger partial charge in [-0.1, -0.05) is 23.7 Å². The molecule has 0 N–H and O–H groups in total. The first-order valence-corrected chi connectivity index (χ1v) is 13.8. The van der Waals surface area contributed by atoms with Gasteiger partial charge in [0.15, 0.2) is 15.0 Å². The van der Waals surface area contributed by atoms with Gasteiger partial charge >= 0.3 is 6.18 Å². The highest BCUT2D eigenvalue weighted by atomic mass is 35.5. The Kier molecular flexibility index (Phi) is 6.38. The van der Waals surface area contributed by atoms with Crippen LogP contribution in [0.5, 0.6) is 0 Å². The molecule has 2 aliphatic rings. The molecule has 7 nitrogen and oxygen atoms in total. The summed E-state index contributed by atoms with van der Waals surface area (Å²) in [7, 11) is -3.05. The molecule has 0 radical (unpaired) electrons. The van der Waals surface area contributed by atoms with Crippen LogP contribution in [0.1, 0.15) is 16.7 Å². The third-order valence-electron chi connectivity index (χ3n) is 5.89. The summed E-state index contributed by atoms with van der Waals surface area (Å²) in [6.07, 6.45) is -1.31. The third kappa shape index (κ3) is 5.16. The highest BCUT2D eigenvalue weighted by molar-refractivity contribution is 8.18. The van der Waals surface area contributed by atoms with Gasteiger partial charge in [0.25, 0.3) is 5.91 Å². The summed E-state index contributed by atoms with van der Waals surface area (Å²) in [6, 6.07) is 8.94. The summed E-state index contributed by atoms with van der Waals surface area (Å²) in [6.45, 7) is 0.500. The maximum Gasteiger partial charge on any atom is 0.416 e. The minimum Gasteiger partial charge on any atom is -0.349 e. The first-order valence-electron chi connectivity index (χ1n) is 10.8. The summed E-state index contributed by atoms with van der Waals surface area (Å²) in [4.78, 5) is 18.7. The number of halogens is 4. The van der Waals surface area contributed by atoms with Crippen molar-refractivity contribution >= 4 is 61.3 Å². The van der Waals surface area contributed by atoms with Crippen LogP contribution in [0.3, 0.4) is 0 Å². The molecule has 5 rings (SSSR count). The van der Waals surface area contributed by atoms with E-state index in [2.05, 4.69) is 10.1 Å². The third-order valence-corrected chi connectivity index (χ3v) is 8.77.